The van der Waals surface area contributed by atoms with Crippen molar-refractivity contribution in [1.82, 2.24) is 66.7 Å². The normalized spacial score (nSPS) is 31.1. The first-order chi connectivity index (χ1) is 37.7. The number of rotatable bonds is 19. The lowest BCUT2D eigenvalue weighted by atomic mass is 10.0. The molecular weight excluding hydrogens is 1080 g/mol. The summed E-state index contributed by atoms with van der Waals surface area (Å²) in [4.78, 5) is 120. The summed E-state index contributed by atoms with van der Waals surface area (Å²) in [7, 11) is -8.02. The van der Waals surface area contributed by atoms with Gasteiger partial charge in [0.05, 0.1) is 28.8 Å². The quantitative estimate of drug-likeness (QED) is 0.0651. The van der Waals surface area contributed by atoms with Gasteiger partial charge in [0.25, 0.3) is 0 Å². The summed E-state index contributed by atoms with van der Waals surface area (Å²) >= 11 is 0. The fourth-order valence-corrected chi connectivity index (χ4v) is 15.4. The van der Waals surface area contributed by atoms with Gasteiger partial charge in [-0.05, 0) is 103 Å². The molecule has 13 unspecified atom stereocenters. The summed E-state index contributed by atoms with van der Waals surface area (Å²) in [6, 6.07) is 0.759. The summed E-state index contributed by atoms with van der Waals surface area (Å²) in [6.07, 6.45) is 5.49. The summed E-state index contributed by atoms with van der Waals surface area (Å²) in [6.45, 7) is 7.09. The molecule has 5 aliphatic heterocycles. The molecule has 26 nitrogen and oxygen atoms in total. The van der Waals surface area contributed by atoms with E-state index in [0.29, 0.717) is 64.5 Å². The minimum atomic E-state index is -4.17. The molecule has 10 N–H and O–H groups in total. The zero-order valence-corrected chi connectivity index (χ0v) is 47.7. The minimum Gasteiger partial charge on any atom is -0.354 e. The van der Waals surface area contributed by atoms with Crippen molar-refractivity contribution in [1.29, 1.82) is 0 Å². The highest BCUT2D eigenvalue weighted by molar-refractivity contribution is 7.89. The largest absolute Gasteiger partial charge is 0.354 e. The summed E-state index contributed by atoms with van der Waals surface area (Å²) < 4.78 is 55.8. The Kier molecular flexibility index (Phi) is 18.9. The van der Waals surface area contributed by atoms with Crippen LogP contribution in [-0.4, -0.2) is 201 Å². The van der Waals surface area contributed by atoms with Crippen molar-refractivity contribution in [3.63, 3.8) is 0 Å². The Hall–Kier alpha value is -5.81. The second-order valence-corrected chi connectivity index (χ2v) is 27.4. The molecule has 0 radical (unpaired) electrons. The van der Waals surface area contributed by atoms with Crippen LogP contribution in [0.3, 0.4) is 0 Å². The Bertz CT molecular complexity index is 2770. The maximum atomic E-state index is 14.0. The Morgan fingerprint density at radius 1 is 0.550 bits per heavy atom. The summed E-state index contributed by atoms with van der Waals surface area (Å²) in [5.41, 5.74) is -0.949. The number of nitrogens with zero attached hydrogens (tertiary/aromatic N) is 3. The smallest absolute Gasteiger partial charge is 0.243 e. The van der Waals surface area contributed by atoms with Crippen molar-refractivity contribution < 1.29 is 60.0 Å². The first-order valence-corrected chi connectivity index (χ1v) is 31.2. The molecule has 9 amide bonds. The number of carbonyl (C=O) groups excluding carboxylic acids is 9. The monoisotopic (exact) mass is 1160 g/mol. The molecule has 7 fully saturated rings. The Labute approximate surface area is 467 Å². The van der Waals surface area contributed by atoms with Crippen molar-refractivity contribution >= 4 is 73.2 Å². The number of likely N-dealkylation sites (tertiary alicyclic amines) is 1. The van der Waals surface area contributed by atoms with Crippen molar-refractivity contribution in [2.45, 2.75) is 182 Å². The molecule has 5 saturated heterocycles. The fraction of sp³-hybridized carbons (Fsp3) is 0.712. The number of hydrogen-bond acceptors (Lipinski definition) is 15. The second-order valence-electron chi connectivity index (χ2n) is 23.5. The molecule has 8 rings (SSSR count). The van der Waals surface area contributed by atoms with Crippen LogP contribution < -0.4 is 53.2 Å². The van der Waals surface area contributed by atoms with Gasteiger partial charge in [0.15, 0.2) is 0 Å². The third-order valence-corrected chi connectivity index (χ3v) is 19.7. The van der Waals surface area contributed by atoms with Gasteiger partial charge in [0, 0.05) is 101 Å². The molecule has 1 aromatic carbocycles. The molecule has 2 saturated carbocycles. The number of amides is 9. The van der Waals surface area contributed by atoms with Crippen LogP contribution >= 0.6 is 0 Å². The predicted molar refractivity (Wildman–Crippen MR) is 289 cm³/mol. The van der Waals surface area contributed by atoms with Crippen LogP contribution in [0.2, 0.25) is 0 Å². The maximum Gasteiger partial charge on any atom is 0.243 e. The van der Waals surface area contributed by atoms with E-state index in [0.717, 1.165) is 14.9 Å². The summed E-state index contributed by atoms with van der Waals surface area (Å²) in [5, 5.41) is 29.5. The standard InChI is InChI=1S/C52H79N13O13S2/c1-29(66)56-33-15-14-32(19-33)46(69)60-37-22-43(64(26-37)79(5,75)76)48(71)59-36-21-41(54-25-36)51(74)63-17-9-12-42(63)50(73)62-52(3,4)28-55-45(68)31-13-16-34(18-31)58-49(72)44-23-38(27-65(44)80(77,78)39-10-7-6-8-11-39)61-47(70)40-20-35(24-53-40)57-30(2)67/h6-8,10-11,31-38,40-44,53-54H,9,12-28H2,1-5H3,(H,55,68)(H,56,66)(H,57,67)(H,58,72)(H,59,71)(H,60,69)(H,61,70)(H,62,73). The molecule has 5 heterocycles. The van der Waals surface area contributed by atoms with Gasteiger partial charge in [-0.1, -0.05) is 18.2 Å². The molecular formula is C52H79N13O13S2. The van der Waals surface area contributed by atoms with E-state index < -0.39 is 104 Å². The van der Waals surface area contributed by atoms with E-state index in [1.54, 1.807) is 32.0 Å². The van der Waals surface area contributed by atoms with Gasteiger partial charge < -0.3 is 58.1 Å². The van der Waals surface area contributed by atoms with E-state index in [-0.39, 0.29) is 110 Å². The molecule has 0 spiro atoms. The van der Waals surface area contributed by atoms with E-state index in [2.05, 4.69) is 53.2 Å². The lowest BCUT2D eigenvalue weighted by Crippen LogP contribution is -2.58. The van der Waals surface area contributed by atoms with Gasteiger partial charge in [-0.2, -0.15) is 8.61 Å². The minimum absolute atomic E-state index is 0.000693. The highest BCUT2D eigenvalue weighted by Gasteiger charge is 2.48. The maximum absolute atomic E-state index is 14.0. The highest BCUT2D eigenvalue weighted by Crippen LogP contribution is 2.32. The third kappa shape index (κ3) is 14.8. The molecule has 28 heteroatoms. The Balaban J connectivity index is 0.782. The van der Waals surface area contributed by atoms with Gasteiger partial charge >= 0.3 is 0 Å². The number of benzene rings is 1. The third-order valence-electron chi connectivity index (χ3n) is 16.6. The average molecular weight is 1160 g/mol. The zero-order valence-electron chi connectivity index (χ0n) is 46.1. The van der Waals surface area contributed by atoms with Gasteiger partial charge in [0.1, 0.15) is 18.1 Å². The second kappa shape index (κ2) is 25.1. The van der Waals surface area contributed by atoms with Crippen LogP contribution in [0.5, 0.6) is 0 Å². The Morgan fingerprint density at radius 2 is 1.06 bits per heavy atom. The lowest BCUT2D eigenvalue weighted by Gasteiger charge is -2.32. The Morgan fingerprint density at radius 3 is 1.69 bits per heavy atom. The van der Waals surface area contributed by atoms with Crippen LogP contribution in [0.25, 0.3) is 0 Å². The van der Waals surface area contributed by atoms with Crippen molar-refractivity contribution in [2.24, 2.45) is 11.8 Å². The first-order valence-electron chi connectivity index (χ1n) is 27.9. The number of nitrogens with one attached hydrogen (secondary N) is 10. The van der Waals surface area contributed by atoms with Crippen molar-refractivity contribution in [3.8, 4) is 0 Å². The van der Waals surface area contributed by atoms with Gasteiger partial charge in [-0.25, -0.2) is 16.8 Å². The molecule has 442 valence electrons. The van der Waals surface area contributed by atoms with E-state index in [1.165, 1.54) is 30.9 Å². The zero-order chi connectivity index (χ0) is 57.8. The van der Waals surface area contributed by atoms with Crippen LogP contribution in [0, 0.1) is 11.8 Å². The number of carbonyl (C=O) groups is 9. The van der Waals surface area contributed by atoms with E-state index in [1.807, 2.05) is 0 Å². The summed E-state index contributed by atoms with van der Waals surface area (Å²) in [5.74, 6) is -3.93. The predicted octanol–water partition coefficient (Wildman–Crippen LogP) is -3.24. The van der Waals surface area contributed by atoms with Gasteiger partial charge in [0.2, 0.25) is 73.2 Å². The SMILES string of the molecule is CC(=O)NC1CCC(C(=O)NC2CC(C(=O)NC3CNC(C(=O)N4CCCC4C(=O)NC(C)(C)CNC(=O)C4CCC(NC(=O)C5CC(NC(=O)C6CC(NC(C)=O)CN6)CN5S(=O)(=O)c5ccccc5)C4)C3)N(S(C)(=O)=O)C2)C1. The van der Waals surface area contributed by atoms with Crippen LogP contribution in [0.1, 0.15) is 105 Å². The molecule has 0 aromatic heterocycles. The van der Waals surface area contributed by atoms with Gasteiger partial charge in [-0.3, -0.25) is 43.2 Å². The first kappa shape index (κ1) is 60.3. The molecule has 7 aliphatic rings. The average Bonchev–Trinajstić information content (AvgIpc) is 4.25. The van der Waals surface area contributed by atoms with E-state index >= 15 is 0 Å². The molecule has 2 aliphatic carbocycles. The molecule has 1 aromatic rings. The topological polar surface area (TPSA) is 352 Å². The van der Waals surface area contributed by atoms with Crippen molar-refractivity contribution in [2.75, 3.05) is 45.5 Å². The number of hydrogen-bond donors (Lipinski definition) is 10. The van der Waals surface area contributed by atoms with Crippen molar-refractivity contribution in [3.05, 3.63) is 30.3 Å². The highest BCUT2D eigenvalue weighted by atomic mass is 32.2. The number of sulfonamides is 2. The van der Waals surface area contributed by atoms with Gasteiger partial charge in [-0.15, -0.1) is 0 Å². The molecule has 0 bridgehead atoms. The van der Waals surface area contributed by atoms with E-state index in [4.69, 9.17) is 0 Å². The fourth-order valence-electron chi connectivity index (χ4n) is 12.6. The molecule has 80 heavy (non-hydrogen) atoms. The van der Waals surface area contributed by atoms with E-state index in [9.17, 15) is 60.0 Å². The lowest BCUT2D eigenvalue weighted by molar-refractivity contribution is -0.140. The van der Waals surface area contributed by atoms with Crippen LogP contribution in [0.15, 0.2) is 35.2 Å². The molecule has 13 atom stereocenters. The van der Waals surface area contributed by atoms with Crippen LogP contribution in [0.4, 0.5) is 0 Å². The van der Waals surface area contributed by atoms with Crippen LogP contribution in [-0.2, 0) is 63.2 Å².